The Bertz CT molecular complexity index is 228. The van der Waals surface area contributed by atoms with Crippen LogP contribution in [0, 0.1) is 0 Å². The van der Waals surface area contributed by atoms with E-state index < -0.39 is 12.8 Å². The van der Waals surface area contributed by atoms with Gasteiger partial charge in [0.25, 0.3) is 0 Å². The first-order chi connectivity index (χ1) is 6.99. The van der Waals surface area contributed by atoms with Crippen LogP contribution >= 0.6 is 11.8 Å². The monoisotopic (exact) mass is 242 g/mol. The van der Waals surface area contributed by atoms with Crippen LogP contribution in [0.2, 0.25) is 0 Å². The highest BCUT2D eigenvalue weighted by Crippen LogP contribution is 2.14. The summed E-state index contributed by atoms with van der Waals surface area (Å²) in [6.07, 6.45) is -2.19. The molecule has 0 spiro atoms. The normalized spacial score (nSPS) is 13.5. The summed E-state index contributed by atoms with van der Waals surface area (Å²) in [5.74, 6) is 0.0746. The summed E-state index contributed by atoms with van der Waals surface area (Å²) in [7, 11) is 1.39. The van der Waals surface area contributed by atoms with Gasteiger partial charge in [-0.3, -0.25) is 9.98 Å². The zero-order valence-corrected chi connectivity index (χ0v) is 9.36. The van der Waals surface area contributed by atoms with Crippen molar-refractivity contribution in [1.29, 1.82) is 0 Å². The van der Waals surface area contributed by atoms with Gasteiger partial charge in [0.1, 0.15) is 0 Å². The largest absolute Gasteiger partial charge is 0.471 e. The lowest BCUT2D eigenvalue weighted by molar-refractivity contribution is -0.156. The molecular weight excluding hydrogens is 229 g/mol. The summed E-state index contributed by atoms with van der Waals surface area (Å²) in [5.41, 5.74) is 1.62. The van der Waals surface area contributed by atoms with Gasteiger partial charge in [0.05, 0.1) is 5.55 Å². The van der Waals surface area contributed by atoms with Crippen LogP contribution in [-0.4, -0.2) is 44.1 Å². The Labute approximate surface area is 90.8 Å². The molecule has 15 heavy (non-hydrogen) atoms. The van der Waals surface area contributed by atoms with Gasteiger partial charge < -0.3 is 4.74 Å². The van der Waals surface area contributed by atoms with Crippen molar-refractivity contribution in [2.75, 3.05) is 26.5 Å². The molecule has 0 rings (SSSR count). The standard InChI is InChI=1S/C8H13F3N2OS/c1-12-7(3-4-13-6-15-2)14-5-8(9,10)11/h6H,3-5H2,1-2H3/b12-7+,13-6+. The Morgan fingerprint density at radius 1 is 1.47 bits per heavy atom. The molecule has 0 aliphatic carbocycles. The van der Waals surface area contributed by atoms with Crippen molar-refractivity contribution in [3.8, 4) is 0 Å². The summed E-state index contributed by atoms with van der Waals surface area (Å²) in [6, 6.07) is 0. The summed E-state index contributed by atoms with van der Waals surface area (Å²) < 4.78 is 39.8. The molecule has 7 heteroatoms. The Kier molecular flexibility index (Phi) is 7.19. The first kappa shape index (κ1) is 14.3. The molecule has 0 N–H and O–H groups in total. The van der Waals surface area contributed by atoms with E-state index >= 15 is 0 Å². The molecule has 3 nitrogen and oxygen atoms in total. The maximum atomic E-state index is 11.8. The van der Waals surface area contributed by atoms with Crippen LogP contribution < -0.4 is 0 Å². The molecule has 0 heterocycles. The molecule has 0 aromatic rings. The minimum atomic E-state index is -4.32. The summed E-state index contributed by atoms with van der Waals surface area (Å²) in [5, 5.41) is 0. The first-order valence-electron chi connectivity index (χ1n) is 4.16. The molecule has 0 saturated heterocycles. The van der Waals surface area contributed by atoms with E-state index in [1.165, 1.54) is 18.8 Å². The number of hydrogen-bond donors (Lipinski definition) is 0. The van der Waals surface area contributed by atoms with E-state index in [4.69, 9.17) is 0 Å². The SMILES string of the molecule is C/N=C(\CC/N=C/SC)OCC(F)(F)F. The van der Waals surface area contributed by atoms with Gasteiger partial charge in [-0.15, -0.1) is 11.8 Å². The van der Waals surface area contributed by atoms with E-state index in [1.54, 1.807) is 5.55 Å². The minimum Gasteiger partial charge on any atom is -0.471 e. The van der Waals surface area contributed by atoms with Gasteiger partial charge in [-0.25, -0.2) is 0 Å². The average Bonchev–Trinajstić information content (AvgIpc) is 2.15. The van der Waals surface area contributed by atoms with Crippen LogP contribution in [0.25, 0.3) is 0 Å². The zero-order chi connectivity index (χ0) is 11.7. The number of nitrogens with zero attached hydrogens (tertiary/aromatic N) is 2. The molecule has 0 unspecified atom stereocenters. The van der Waals surface area contributed by atoms with E-state index in [1.807, 2.05) is 6.26 Å². The fourth-order valence-electron chi connectivity index (χ4n) is 0.701. The Morgan fingerprint density at radius 3 is 2.60 bits per heavy atom. The second kappa shape index (κ2) is 7.56. The molecule has 0 fully saturated rings. The molecule has 0 aromatic carbocycles. The molecule has 0 saturated carbocycles. The number of ether oxygens (including phenoxy) is 1. The van der Waals surface area contributed by atoms with Crippen LogP contribution in [-0.2, 0) is 4.74 Å². The minimum absolute atomic E-state index is 0.0746. The van der Waals surface area contributed by atoms with Gasteiger partial charge in [-0.2, -0.15) is 13.2 Å². The maximum absolute atomic E-state index is 11.8. The van der Waals surface area contributed by atoms with Gasteiger partial charge in [-0.05, 0) is 6.26 Å². The Hall–Kier alpha value is -0.720. The number of rotatable bonds is 5. The van der Waals surface area contributed by atoms with Gasteiger partial charge in [0, 0.05) is 20.0 Å². The predicted molar refractivity (Wildman–Crippen MR) is 56.9 cm³/mol. The maximum Gasteiger partial charge on any atom is 0.422 e. The number of thioether (sulfide) groups is 1. The molecule has 0 amide bonds. The van der Waals surface area contributed by atoms with Crippen molar-refractivity contribution < 1.29 is 17.9 Å². The summed E-state index contributed by atoms with van der Waals surface area (Å²) >= 11 is 1.43. The summed E-state index contributed by atoms with van der Waals surface area (Å²) in [6.45, 7) is -0.919. The topological polar surface area (TPSA) is 34.0 Å². The van der Waals surface area contributed by atoms with Crippen molar-refractivity contribution >= 4 is 23.2 Å². The molecule has 0 aliphatic rings. The highest BCUT2D eigenvalue weighted by atomic mass is 32.2. The van der Waals surface area contributed by atoms with Gasteiger partial charge in [-0.1, -0.05) is 0 Å². The van der Waals surface area contributed by atoms with Crippen LogP contribution in [0.4, 0.5) is 13.2 Å². The third kappa shape index (κ3) is 9.58. The van der Waals surface area contributed by atoms with Crippen LogP contribution in [0.3, 0.4) is 0 Å². The predicted octanol–water partition coefficient (Wildman–Crippen LogP) is 2.38. The van der Waals surface area contributed by atoms with Crippen LogP contribution in [0.15, 0.2) is 9.98 Å². The van der Waals surface area contributed by atoms with Crippen molar-refractivity contribution in [3.05, 3.63) is 0 Å². The second-order valence-corrected chi connectivity index (χ2v) is 3.20. The summed E-state index contributed by atoms with van der Waals surface area (Å²) in [4.78, 5) is 7.52. The fourth-order valence-corrected chi connectivity index (χ4v) is 0.956. The Balaban J connectivity index is 3.80. The van der Waals surface area contributed by atoms with E-state index in [9.17, 15) is 13.2 Å². The van der Waals surface area contributed by atoms with Crippen molar-refractivity contribution in [1.82, 2.24) is 0 Å². The molecule has 0 bridgehead atoms. The number of hydrogen-bond acceptors (Lipinski definition) is 4. The lowest BCUT2D eigenvalue weighted by Crippen LogP contribution is -2.20. The Morgan fingerprint density at radius 2 is 2.13 bits per heavy atom. The smallest absolute Gasteiger partial charge is 0.422 e. The van der Waals surface area contributed by atoms with Gasteiger partial charge >= 0.3 is 6.18 Å². The van der Waals surface area contributed by atoms with Crippen LogP contribution in [0.1, 0.15) is 6.42 Å². The lowest BCUT2D eigenvalue weighted by Gasteiger charge is -2.09. The first-order valence-corrected chi connectivity index (χ1v) is 5.44. The quantitative estimate of drug-likeness (QED) is 0.548. The van der Waals surface area contributed by atoms with E-state index in [-0.39, 0.29) is 12.3 Å². The van der Waals surface area contributed by atoms with E-state index in [2.05, 4.69) is 14.7 Å². The number of alkyl halides is 3. The molecule has 0 aliphatic heterocycles. The van der Waals surface area contributed by atoms with E-state index in [0.29, 0.717) is 6.54 Å². The molecular formula is C8H13F3N2OS. The highest BCUT2D eigenvalue weighted by Gasteiger charge is 2.28. The third-order valence-electron chi connectivity index (χ3n) is 1.29. The van der Waals surface area contributed by atoms with Crippen molar-refractivity contribution in [2.45, 2.75) is 12.6 Å². The fraction of sp³-hybridized carbons (Fsp3) is 0.750. The van der Waals surface area contributed by atoms with Crippen LogP contribution in [0.5, 0.6) is 0 Å². The molecule has 0 aromatic heterocycles. The lowest BCUT2D eigenvalue weighted by atomic mass is 10.4. The van der Waals surface area contributed by atoms with Crippen molar-refractivity contribution in [3.63, 3.8) is 0 Å². The van der Waals surface area contributed by atoms with Gasteiger partial charge in [0.15, 0.2) is 12.5 Å². The number of halogens is 3. The second-order valence-electron chi connectivity index (χ2n) is 2.52. The molecule has 88 valence electrons. The number of aliphatic imine (C=N–C) groups is 2. The molecule has 0 radical (unpaired) electrons. The highest BCUT2D eigenvalue weighted by molar-refractivity contribution is 8.11. The third-order valence-corrected chi connectivity index (χ3v) is 1.65. The molecule has 0 atom stereocenters. The van der Waals surface area contributed by atoms with Crippen molar-refractivity contribution in [2.24, 2.45) is 9.98 Å². The average molecular weight is 242 g/mol. The zero-order valence-electron chi connectivity index (χ0n) is 8.54. The van der Waals surface area contributed by atoms with E-state index in [0.717, 1.165) is 0 Å². The van der Waals surface area contributed by atoms with Gasteiger partial charge in [0.2, 0.25) is 0 Å².